The van der Waals surface area contributed by atoms with Crippen LogP contribution in [0.3, 0.4) is 0 Å². The lowest BCUT2D eigenvalue weighted by Gasteiger charge is -2.18. The van der Waals surface area contributed by atoms with E-state index in [0.29, 0.717) is 12.2 Å². The van der Waals surface area contributed by atoms with Crippen molar-refractivity contribution in [3.8, 4) is 0 Å². The molecule has 3 aromatic rings. The summed E-state index contributed by atoms with van der Waals surface area (Å²) in [5, 5.41) is 5.99. The van der Waals surface area contributed by atoms with Gasteiger partial charge in [-0.25, -0.2) is 5.01 Å². The van der Waals surface area contributed by atoms with E-state index in [0.717, 1.165) is 15.7 Å². The van der Waals surface area contributed by atoms with Crippen molar-refractivity contribution in [1.29, 1.82) is 0 Å². The molecule has 24 heavy (non-hydrogen) atoms. The van der Waals surface area contributed by atoms with Gasteiger partial charge in [0.05, 0.1) is 18.2 Å². The van der Waals surface area contributed by atoms with Crippen LogP contribution in [-0.4, -0.2) is 16.6 Å². The molecule has 0 spiro atoms. The number of nitrogens with zero attached hydrogens (tertiary/aromatic N) is 2. The summed E-state index contributed by atoms with van der Waals surface area (Å²) in [5.41, 5.74) is 1.81. The van der Waals surface area contributed by atoms with Crippen molar-refractivity contribution in [2.45, 2.75) is 12.5 Å². The van der Waals surface area contributed by atoms with Gasteiger partial charge in [0.2, 0.25) is 0 Å². The van der Waals surface area contributed by atoms with Crippen LogP contribution in [0.5, 0.6) is 0 Å². The predicted molar refractivity (Wildman–Crippen MR) is 91.6 cm³/mol. The molecule has 6 heteroatoms. The number of carbonyl (C=O) groups excluding carboxylic acids is 1. The van der Waals surface area contributed by atoms with Crippen molar-refractivity contribution >= 4 is 27.5 Å². The van der Waals surface area contributed by atoms with E-state index in [1.165, 1.54) is 11.3 Å². The predicted octanol–water partition coefficient (Wildman–Crippen LogP) is 4.63. The fourth-order valence-corrected chi connectivity index (χ4v) is 2.99. The number of hydrogen-bond acceptors (Lipinski definition) is 4. The van der Waals surface area contributed by atoms with E-state index in [4.69, 9.17) is 8.83 Å². The highest BCUT2D eigenvalue weighted by Gasteiger charge is 2.36. The summed E-state index contributed by atoms with van der Waals surface area (Å²) in [5.74, 6) is 0.673. The Kier molecular flexibility index (Phi) is 3.82. The van der Waals surface area contributed by atoms with Gasteiger partial charge in [-0.2, -0.15) is 5.10 Å². The SMILES string of the molecule is O=C(c1ccco1)N1N=C(c2ccc(Br)cc2)C[C@@H]1c1ccco1. The molecule has 0 aliphatic carbocycles. The molecule has 2 aromatic heterocycles. The first-order valence-corrected chi connectivity index (χ1v) is 8.25. The van der Waals surface area contributed by atoms with Gasteiger partial charge in [-0.15, -0.1) is 0 Å². The summed E-state index contributed by atoms with van der Waals surface area (Å²) in [4.78, 5) is 12.7. The molecule has 1 atom stereocenters. The van der Waals surface area contributed by atoms with Gasteiger partial charge in [0.25, 0.3) is 0 Å². The number of rotatable bonds is 3. The fraction of sp³-hybridized carbons (Fsp3) is 0.111. The molecular weight excluding hydrogens is 372 g/mol. The minimum Gasteiger partial charge on any atom is -0.467 e. The van der Waals surface area contributed by atoms with Gasteiger partial charge in [0, 0.05) is 10.9 Å². The molecule has 0 radical (unpaired) electrons. The van der Waals surface area contributed by atoms with Gasteiger partial charge in [0.15, 0.2) is 5.76 Å². The van der Waals surface area contributed by atoms with Crippen molar-refractivity contribution in [3.63, 3.8) is 0 Å². The van der Waals surface area contributed by atoms with Crippen LogP contribution in [0, 0.1) is 0 Å². The maximum atomic E-state index is 12.7. The van der Waals surface area contributed by atoms with E-state index in [9.17, 15) is 4.79 Å². The average Bonchev–Trinajstić information content (AvgIpc) is 3.34. The first kappa shape index (κ1) is 15.0. The number of benzene rings is 1. The highest BCUT2D eigenvalue weighted by Crippen LogP contribution is 2.34. The highest BCUT2D eigenvalue weighted by molar-refractivity contribution is 9.10. The Labute approximate surface area is 146 Å². The maximum absolute atomic E-state index is 12.7. The van der Waals surface area contributed by atoms with Gasteiger partial charge in [-0.05, 0) is 42.0 Å². The molecule has 1 aliphatic rings. The molecular formula is C18H13BrN2O3. The molecule has 5 nitrogen and oxygen atoms in total. The lowest BCUT2D eigenvalue weighted by molar-refractivity contribution is 0.0660. The van der Waals surface area contributed by atoms with Crippen molar-refractivity contribution in [3.05, 3.63) is 82.6 Å². The lowest BCUT2D eigenvalue weighted by atomic mass is 10.0. The standard InChI is InChI=1S/C18H13BrN2O3/c19-13-7-5-12(6-8-13)14-11-15(16-3-1-9-23-16)21(20-14)18(22)17-4-2-10-24-17/h1-10,15H,11H2/t15-/m1/s1. The number of hydrogen-bond donors (Lipinski definition) is 0. The second kappa shape index (κ2) is 6.13. The zero-order valence-electron chi connectivity index (χ0n) is 12.6. The van der Waals surface area contributed by atoms with E-state index in [1.54, 1.807) is 18.4 Å². The molecule has 0 fully saturated rings. The Morgan fingerprint density at radius 1 is 1.08 bits per heavy atom. The van der Waals surface area contributed by atoms with Gasteiger partial charge in [0.1, 0.15) is 11.8 Å². The van der Waals surface area contributed by atoms with E-state index in [2.05, 4.69) is 21.0 Å². The third kappa shape index (κ3) is 2.69. The normalized spacial score (nSPS) is 17.1. The van der Waals surface area contributed by atoms with Crippen molar-refractivity contribution in [2.75, 3.05) is 0 Å². The van der Waals surface area contributed by atoms with Crippen LogP contribution >= 0.6 is 15.9 Å². The molecule has 120 valence electrons. The van der Waals surface area contributed by atoms with E-state index >= 15 is 0 Å². The fourth-order valence-electron chi connectivity index (χ4n) is 2.73. The molecule has 0 unspecified atom stereocenters. The Bertz CT molecular complexity index is 868. The largest absolute Gasteiger partial charge is 0.467 e. The van der Waals surface area contributed by atoms with Crippen LogP contribution in [0.2, 0.25) is 0 Å². The third-order valence-corrected chi connectivity index (χ3v) is 4.43. The van der Waals surface area contributed by atoms with Crippen LogP contribution in [-0.2, 0) is 0 Å². The summed E-state index contributed by atoms with van der Waals surface area (Å²) in [6, 6.07) is 14.6. The van der Waals surface area contributed by atoms with Crippen LogP contribution in [0.15, 0.2) is 79.5 Å². The molecule has 0 bridgehead atoms. The van der Waals surface area contributed by atoms with Crippen LogP contribution in [0.4, 0.5) is 0 Å². The van der Waals surface area contributed by atoms with Crippen molar-refractivity contribution < 1.29 is 13.6 Å². The first-order valence-electron chi connectivity index (χ1n) is 7.46. The zero-order valence-corrected chi connectivity index (χ0v) is 14.1. The Morgan fingerprint density at radius 3 is 2.50 bits per heavy atom. The summed E-state index contributed by atoms with van der Waals surface area (Å²) in [7, 11) is 0. The van der Waals surface area contributed by atoms with Gasteiger partial charge in [-0.3, -0.25) is 4.79 Å². The smallest absolute Gasteiger partial charge is 0.310 e. The molecule has 1 aliphatic heterocycles. The summed E-state index contributed by atoms with van der Waals surface area (Å²) in [6.07, 6.45) is 3.66. The number of carbonyl (C=O) groups is 1. The summed E-state index contributed by atoms with van der Waals surface area (Å²) >= 11 is 3.43. The summed E-state index contributed by atoms with van der Waals surface area (Å²) < 4.78 is 11.7. The Balaban J connectivity index is 1.71. The quantitative estimate of drug-likeness (QED) is 0.661. The summed E-state index contributed by atoms with van der Waals surface area (Å²) in [6.45, 7) is 0. The number of hydrazone groups is 1. The minimum absolute atomic E-state index is 0.257. The topological polar surface area (TPSA) is 59.0 Å². The number of amides is 1. The van der Waals surface area contributed by atoms with E-state index in [1.807, 2.05) is 36.4 Å². The van der Waals surface area contributed by atoms with Crippen molar-refractivity contribution in [1.82, 2.24) is 5.01 Å². The van der Waals surface area contributed by atoms with Crippen LogP contribution < -0.4 is 0 Å². The third-order valence-electron chi connectivity index (χ3n) is 3.90. The molecule has 0 saturated heterocycles. The van der Waals surface area contributed by atoms with E-state index in [-0.39, 0.29) is 17.7 Å². The monoisotopic (exact) mass is 384 g/mol. The molecule has 4 rings (SSSR count). The maximum Gasteiger partial charge on any atom is 0.310 e. The lowest BCUT2D eigenvalue weighted by Crippen LogP contribution is -2.26. The zero-order chi connectivity index (χ0) is 16.5. The molecule has 3 heterocycles. The van der Waals surface area contributed by atoms with Gasteiger partial charge < -0.3 is 8.83 Å². The second-order valence-electron chi connectivity index (χ2n) is 5.42. The number of furan rings is 2. The van der Waals surface area contributed by atoms with Gasteiger partial charge in [-0.1, -0.05) is 28.1 Å². The van der Waals surface area contributed by atoms with Crippen LogP contribution in [0.1, 0.15) is 34.3 Å². The first-order chi connectivity index (χ1) is 11.7. The number of halogens is 1. The Hall–Kier alpha value is -2.60. The molecule has 0 saturated carbocycles. The minimum atomic E-state index is -0.284. The van der Waals surface area contributed by atoms with Crippen molar-refractivity contribution in [2.24, 2.45) is 5.10 Å². The van der Waals surface area contributed by atoms with Gasteiger partial charge >= 0.3 is 5.91 Å². The van der Waals surface area contributed by atoms with Crippen LogP contribution in [0.25, 0.3) is 0 Å². The molecule has 1 amide bonds. The average molecular weight is 385 g/mol. The second-order valence-corrected chi connectivity index (χ2v) is 6.33. The molecule has 0 N–H and O–H groups in total. The Morgan fingerprint density at radius 2 is 1.83 bits per heavy atom. The van der Waals surface area contributed by atoms with E-state index < -0.39 is 0 Å². The highest BCUT2D eigenvalue weighted by atomic mass is 79.9. The molecule has 1 aromatic carbocycles.